The number of carbonyl (C=O) groups excluding carboxylic acids is 1. The van der Waals surface area contributed by atoms with Gasteiger partial charge in [-0.1, -0.05) is 6.92 Å². The van der Waals surface area contributed by atoms with Crippen LogP contribution in [0.1, 0.15) is 19.8 Å². The van der Waals surface area contributed by atoms with Crippen LogP contribution in [-0.2, 0) is 9.53 Å². The highest BCUT2D eigenvalue weighted by atomic mass is 16.5. The van der Waals surface area contributed by atoms with Crippen molar-refractivity contribution in [2.75, 3.05) is 7.11 Å². The monoisotopic (exact) mass is 155 g/mol. The topological polar surface area (TPSA) is 38.3 Å². The van der Waals surface area contributed by atoms with Gasteiger partial charge in [-0.15, -0.1) is 0 Å². The Labute approximate surface area is 66.1 Å². The number of hydrogen-bond donors (Lipinski definition) is 1. The number of hydrogen-bond acceptors (Lipinski definition) is 3. The molecule has 0 spiro atoms. The summed E-state index contributed by atoms with van der Waals surface area (Å²) < 4.78 is 4.65. The minimum absolute atomic E-state index is 0.0382. The van der Waals surface area contributed by atoms with Gasteiger partial charge in [0.15, 0.2) is 0 Å². The zero-order chi connectivity index (χ0) is 8.06. The molecule has 1 saturated carbocycles. The first kappa shape index (κ1) is 7.10. The zero-order valence-electron chi connectivity index (χ0n) is 6.89. The van der Waals surface area contributed by atoms with Crippen molar-refractivity contribution in [3.05, 3.63) is 0 Å². The van der Waals surface area contributed by atoms with Crippen molar-refractivity contribution < 1.29 is 9.53 Å². The number of ether oxygens (including phenoxy) is 1. The summed E-state index contributed by atoms with van der Waals surface area (Å²) in [5.41, 5.74) is 0.402. The molecule has 2 rings (SSSR count). The molecule has 3 heteroatoms. The second-order valence-corrected chi connectivity index (χ2v) is 3.86. The summed E-state index contributed by atoms with van der Waals surface area (Å²) >= 11 is 0. The van der Waals surface area contributed by atoms with Crippen molar-refractivity contribution in [3.8, 4) is 0 Å². The Bertz CT molecular complexity index is 204. The van der Waals surface area contributed by atoms with Crippen molar-refractivity contribution in [1.82, 2.24) is 5.32 Å². The number of piperidine rings is 1. The van der Waals surface area contributed by atoms with Crippen LogP contribution in [0.3, 0.4) is 0 Å². The molecule has 0 amide bonds. The molecule has 11 heavy (non-hydrogen) atoms. The van der Waals surface area contributed by atoms with E-state index in [1.54, 1.807) is 0 Å². The molecule has 1 aliphatic carbocycles. The van der Waals surface area contributed by atoms with Gasteiger partial charge in [-0.05, 0) is 18.3 Å². The molecular weight excluding hydrogens is 142 g/mol. The summed E-state index contributed by atoms with van der Waals surface area (Å²) in [6, 6.07) is 0.537. The van der Waals surface area contributed by atoms with Gasteiger partial charge in [-0.2, -0.15) is 0 Å². The van der Waals surface area contributed by atoms with Crippen molar-refractivity contribution in [2.24, 2.45) is 5.41 Å². The van der Waals surface area contributed by atoms with E-state index in [9.17, 15) is 4.79 Å². The standard InChI is InChI=1S/C8H13NO2/c1-8-3-5(7(10)11-2)9-6(8)4-8/h5-6,9H,3-4H2,1-2H3. The largest absolute Gasteiger partial charge is 0.468 e. The van der Waals surface area contributed by atoms with Crippen LogP contribution >= 0.6 is 0 Å². The van der Waals surface area contributed by atoms with Crippen LogP contribution in [-0.4, -0.2) is 25.2 Å². The van der Waals surface area contributed by atoms with Crippen molar-refractivity contribution in [3.63, 3.8) is 0 Å². The lowest BCUT2D eigenvalue weighted by molar-refractivity contribution is -0.143. The summed E-state index contributed by atoms with van der Waals surface area (Å²) in [7, 11) is 1.44. The summed E-state index contributed by atoms with van der Waals surface area (Å²) in [5, 5.41) is 3.24. The molecule has 2 fully saturated rings. The Hall–Kier alpha value is -0.570. The van der Waals surface area contributed by atoms with Gasteiger partial charge < -0.3 is 10.1 Å². The van der Waals surface area contributed by atoms with Crippen LogP contribution in [0.5, 0.6) is 0 Å². The molecule has 3 nitrogen and oxygen atoms in total. The highest BCUT2D eigenvalue weighted by molar-refractivity contribution is 5.76. The molecule has 62 valence electrons. The molecule has 0 radical (unpaired) electrons. The SMILES string of the molecule is COC(=O)C1CC2(C)CC2N1. The number of nitrogens with one attached hydrogen (secondary N) is 1. The van der Waals surface area contributed by atoms with Gasteiger partial charge in [0.1, 0.15) is 6.04 Å². The maximum absolute atomic E-state index is 11.0. The number of rotatable bonds is 1. The Morgan fingerprint density at radius 3 is 2.82 bits per heavy atom. The highest BCUT2D eigenvalue weighted by Crippen LogP contribution is 2.53. The molecular formula is C8H13NO2. The molecule has 0 aromatic rings. The second-order valence-electron chi connectivity index (χ2n) is 3.86. The molecule has 3 atom stereocenters. The molecule has 1 aliphatic heterocycles. The van der Waals surface area contributed by atoms with Gasteiger partial charge in [-0.3, -0.25) is 4.79 Å². The van der Waals surface area contributed by atoms with Gasteiger partial charge in [0.2, 0.25) is 0 Å². The van der Waals surface area contributed by atoms with Crippen LogP contribution in [0.15, 0.2) is 0 Å². The molecule has 1 heterocycles. The minimum atomic E-state index is -0.113. The molecule has 0 bridgehead atoms. The summed E-state index contributed by atoms with van der Waals surface area (Å²) in [4.78, 5) is 11.0. The summed E-state index contributed by atoms with van der Waals surface area (Å²) in [6.07, 6.45) is 2.17. The normalized spacial score (nSPS) is 46.7. The molecule has 0 aromatic heterocycles. The summed E-state index contributed by atoms with van der Waals surface area (Å²) in [5.74, 6) is -0.113. The fourth-order valence-corrected chi connectivity index (χ4v) is 1.95. The van der Waals surface area contributed by atoms with Crippen molar-refractivity contribution in [2.45, 2.75) is 31.8 Å². The van der Waals surface area contributed by atoms with E-state index < -0.39 is 0 Å². The average Bonchev–Trinajstić information content (AvgIpc) is 2.49. The van der Waals surface area contributed by atoms with E-state index >= 15 is 0 Å². The first-order valence-electron chi connectivity index (χ1n) is 3.99. The molecule has 1 N–H and O–H groups in total. The minimum Gasteiger partial charge on any atom is -0.468 e. The number of fused-ring (bicyclic) bond motifs is 1. The molecule has 0 aromatic carbocycles. The van der Waals surface area contributed by atoms with E-state index in [0.717, 1.165) is 6.42 Å². The van der Waals surface area contributed by atoms with Crippen LogP contribution < -0.4 is 5.32 Å². The van der Waals surface area contributed by atoms with E-state index in [4.69, 9.17) is 0 Å². The van der Waals surface area contributed by atoms with Crippen molar-refractivity contribution in [1.29, 1.82) is 0 Å². The fourth-order valence-electron chi connectivity index (χ4n) is 1.95. The van der Waals surface area contributed by atoms with Gasteiger partial charge in [0, 0.05) is 6.04 Å². The summed E-state index contributed by atoms with van der Waals surface area (Å²) in [6.45, 7) is 2.22. The maximum atomic E-state index is 11.0. The first-order valence-corrected chi connectivity index (χ1v) is 3.99. The third-order valence-corrected chi connectivity index (χ3v) is 2.91. The average molecular weight is 155 g/mol. The van der Waals surface area contributed by atoms with Crippen molar-refractivity contribution >= 4 is 5.97 Å². The second kappa shape index (κ2) is 1.97. The molecule has 1 saturated heterocycles. The van der Waals surface area contributed by atoms with E-state index in [1.165, 1.54) is 13.5 Å². The zero-order valence-corrected chi connectivity index (χ0v) is 6.89. The van der Waals surface area contributed by atoms with Crippen LogP contribution in [0.25, 0.3) is 0 Å². The van der Waals surface area contributed by atoms with Gasteiger partial charge >= 0.3 is 5.97 Å². The predicted octanol–water partition coefficient (Wildman–Crippen LogP) is 0.300. The lowest BCUT2D eigenvalue weighted by Crippen LogP contribution is -2.34. The van der Waals surface area contributed by atoms with Gasteiger partial charge in [0.25, 0.3) is 0 Å². The Balaban J connectivity index is 1.97. The Kier molecular flexibility index (Phi) is 1.27. The third kappa shape index (κ3) is 0.948. The predicted molar refractivity (Wildman–Crippen MR) is 40.1 cm³/mol. The smallest absolute Gasteiger partial charge is 0.322 e. The number of esters is 1. The third-order valence-electron chi connectivity index (χ3n) is 2.91. The van der Waals surface area contributed by atoms with Crippen LogP contribution in [0.2, 0.25) is 0 Å². The lowest BCUT2D eigenvalue weighted by atomic mass is 10.0. The van der Waals surface area contributed by atoms with Gasteiger partial charge in [0.05, 0.1) is 7.11 Å². The Morgan fingerprint density at radius 1 is 1.64 bits per heavy atom. The van der Waals surface area contributed by atoms with E-state index in [-0.39, 0.29) is 12.0 Å². The molecule has 2 aliphatic rings. The van der Waals surface area contributed by atoms with Gasteiger partial charge in [-0.25, -0.2) is 0 Å². The maximum Gasteiger partial charge on any atom is 0.322 e. The quantitative estimate of drug-likeness (QED) is 0.553. The number of carbonyl (C=O) groups is 1. The highest BCUT2D eigenvalue weighted by Gasteiger charge is 2.58. The van der Waals surface area contributed by atoms with E-state index in [1.807, 2.05) is 0 Å². The lowest BCUT2D eigenvalue weighted by Gasteiger charge is -2.10. The van der Waals surface area contributed by atoms with Crippen LogP contribution in [0, 0.1) is 5.41 Å². The molecule has 3 unspecified atom stereocenters. The number of methoxy groups -OCH3 is 1. The fraction of sp³-hybridized carbons (Fsp3) is 0.875. The van der Waals surface area contributed by atoms with Crippen LogP contribution in [0.4, 0.5) is 0 Å². The first-order chi connectivity index (χ1) is 5.15. The van der Waals surface area contributed by atoms with E-state index in [0.29, 0.717) is 11.5 Å². The van der Waals surface area contributed by atoms with E-state index in [2.05, 4.69) is 17.0 Å². The Morgan fingerprint density at radius 2 is 2.36 bits per heavy atom.